The maximum Gasteiger partial charge on any atom is 0.308 e. The Morgan fingerprint density at radius 3 is 2.55 bits per heavy atom. The molecule has 0 bridgehead atoms. The molecule has 31 heavy (non-hydrogen) atoms. The van der Waals surface area contributed by atoms with Crippen LogP contribution >= 0.6 is 11.3 Å². The number of thiazole rings is 1. The van der Waals surface area contributed by atoms with Crippen molar-refractivity contribution in [2.24, 2.45) is 0 Å². The first-order chi connectivity index (χ1) is 14.8. The van der Waals surface area contributed by atoms with Gasteiger partial charge in [-0.25, -0.2) is 8.42 Å². The fourth-order valence-electron chi connectivity index (χ4n) is 3.44. The molecule has 0 atom stereocenters. The lowest BCUT2D eigenvalue weighted by molar-refractivity contribution is -0.116. The van der Waals surface area contributed by atoms with Crippen LogP contribution in [0.4, 0.5) is 5.69 Å². The van der Waals surface area contributed by atoms with Crippen molar-refractivity contribution in [2.75, 3.05) is 18.9 Å². The highest BCUT2D eigenvalue weighted by molar-refractivity contribution is 7.89. The normalized spacial score (nSPS) is 12.0. The van der Waals surface area contributed by atoms with Gasteiger partial charge in [-0.1, -0.05) is 41.7 Å². The highest BCUT2D eigenvalue weighted by Gasteiger charge is 2.23. The van der Waals surface area contributed by atoms with Crippen LogP contribution in [0.5, 0.6) is 0 Å². The highest BCUT2D eigenvalue weighted by atomic mass is 32.2. The second-order valence-corrected chi connectivity index (χ2v) is 10.2. The zero-order chi connectivity index (χ0) is 22.2. The minimum Gasteiger partial charge on any atom is -0.325 e. The highest BCUT2D eigenvalue weighted by Crippen LogP contribution is 2.23. The first-order valence-corrected chi connectivity index (χ1v) is 11.9. The average Bonchev–Trinajstić information content (AvgIpc) is 3.07. The fourth-order valence-corrected chi connectivity index (χ4v) is 5.60. The van der Waals surface area contributed by atoms with Gasteiger partial charge in [0.2, 0.25) is 15.9 Å². The van der Waals surface area contributed by atoms with Gasteiger partial charge in [0.15, 0.2) is 0 Å². The van der Waals surface area contributed by atoms with Gasteiger partial charge in [0, 0.05) is 19.3 Å². The lowest BCUT2D eigenvalue weighted by Gasteiger charge is -2.17. The third-order valence-electron chi connectivity index (χ3n) is 5.06. The van der Waals surface area contributed by atoms with Crippen molar-refractivity contribution < 1.29 is 13.2 Å². The SMILES string of the molecule is CCn1c(=O)sc2cc(NC(=O)CN(C)S(=O)(=O)c3ccc4ccccc4c3)ccc21. The van der Waals surface area contributed by atoms with E-state index in [9.17, 15) is 18.0 Å². The molecule has 160 valence electrons. The lowest BCUT2D eigenvalue weighted by Crippen LogP contribution is -2.34. The van der Waals surface area contributed by atoms with Crippen LogP contribution in [0.2, 0.25) is 0 Å². The first-order valence-electron chi connectivity index (χ1n) is 9.68. The van der Waals surface area contributed by atoms with Crippen molar-refractivity contribution in [1.29, 1.82) is 0 Å². The first kappa shape index (κ1) is 21.2. The van der Waals surface area contributed by atoms with Crippen LogP contribution in [-0.2, 0) is 21.4 Å². The van der Waals surface area contributed by atoms with Crippen molar-refractivity contribution in [2.45, 2.75) is 18.4 Å². The number of aromatic nitrogens is 1. The Morgan fingerprint density at radius 2 is 1.81 bits per heavy atom. The molecule has 4 rings (SSSR count). The van der Waals surface area contributed by atoms with Crippen molar-refractivity contribution in [3.05, 3.63) is 70.3 Å². The van der Waals surface area contributed by atoms with Crippen LogP contribution in [0.3, 0.4) is 0 Å². The van der Waals surface area contributed by atoms with E-state index in [2.05, 4.69) is 5.32 Å². The number of carbonyl (C=O) groups excluding carboxylic acids is 1. The Balaban J connectivity index is 1.50. The third-order valence-corrected chi connectivity index (χ3v) is 7.80. The summed E-state index contributed by atoms with van der Waals surface area (Å²) < 4.78 is 29.3. The number of anilines is 1. The molecule has 4 aromatic rings. The van der Waals surface area contributed by atoms with E-state index in [1.807, 2.05) is 31.2 Å². The lowest BCUT2D eigenvalue weighted by atomic mass is 10.1. The van der Waals surface area contributed by atoms with E-state index >= 15 is 0 Å². The van der Waals surface area contributed by atoms with Crippen molar-refractivity contribution >= 4 is 53.9 Å². The summed E-state index contributed by atoms with van der Waals surface area (Å²) in [6, 6.07) is 17.6. The van der Waals surface area contributed by atoms with Crippen LogP contribution in [0, 0.1) is 0 Å². The molecule has 9 heteroatoms. The van der Waals surface area contributed by atoms with Gasteiger partial charge in [-0.3, -0.25) is 14.2 Å². The summed E-state index contributed by atoms with van der Waals surface area (Å²) in [5.41, 5.74) is 1.32. The number of hydrogen-bond acceptors (Lipinski definition) is 5. The van der Waals surface area contributed by atoms with Crippen molar-refractivity contribution in [1.82, 2.24) is 8.87 Å². The molecule has 0 spiro atoms. The number of likely N-dealkylation sites (N-methyl/N-ethyl adjacent to an activating group) is 1. The second-order valence-electron chi connectivity index (χ2n) is 7.11. The van der Waals surface area contributed by atoms with Crippen molar-refractivity contribution in [3.8, 4) is 0 Å². The molecule has 7 nitrogen and oxygen atoms in total. The third kappa shape index (κ3) is 4.12. The predicted molar refractivity (Wildman–Crippen MR) is 124 cm³/mol. The van der Waals surface area contributed by atoms with E-state index in [0.29, 0.717) is 12.2 Å². The number of sulfonamides is 1. The van der Waals surface area contributed by atoms with E-state index in [-0.39, 0.29) is 16.3 Å². The van der Waals surface area contributed by atoms with Crippen molar-refractivity contribution in [3.63, 3.8) is 0 Å². The molecule has 0 saturated heterocycles. The van der Waals surface area contributed by atoms with Gasteiger partial charge in [-0.05, 0) is 48.0 Å². The molecule has 0 aliphatic carbocycles. The Labute approximate surface area is 183 Å². The van der Waals surface area contributed by atoms with Crippen LogP contribution < -0.4 is 10.2 Å². The zero-order valence-corrected chi connectivity index (χ0v) is 18.7. The molecular formula is C22H21N3O4S2. The number of carbonyl (C=O) groups is 1. The van der Waals surface area contributed by atoms with Gasteiger partial charge in [-0.2, -0.15) is 4.31 Å². The number of nitrogens with one attached hydrogen (secondary N) is 1. The number of rotatable bonds is 6. The predicted octanol–water partition coefficient (Wildman–Crippen LogP) is 3.50. The molecule has 0 radical (unpaired) electrons. The number of fused-ring (bicyclic) bond motifs is 2. The topological polar surface area (TPSA) is 88.5 Å². The van der Waals surface area contributed by atoms with Crippen LogP contribution in [-0.4, -0.2) is 36.8 Å². The largest absolute Gasteiger partial charge is 0.325 e. The summed E-state index contributed by atoms with van der Waals surface area (Å²) in [4.78, 5) is 24.6. The molecular weight excluding hydrogens is 434 g/mol. The number of amides is 1. The average molecular weight is 456 g/mol. The minimum atomic E-state index is -3.83. The van der Waals surface area contributed by atoms with Gasteiger partial charge in [0.05, 0.1) is 21.7 Å². The molecule has 0 aliphatic rings. The smallest absolute Gasteiger partial charge is 0.308 e. The Morgan fingerprint density at radius 1 is 1.06 bits per heavy atom. The summed E-state index contributed by atoms with van der Waals surface area (Å²) in [5.74, 6) is -0.464. The summed E-state index contributed by atoms with van der Waals surface area (Å²) in [6.07, 6.45) is 0. The van der Waals surface area contributed by atoms with E-state index in [1.165, 1.54) is 7.05 Å². The van der Waals surface area contributed by atoms with Gasteiger partial charge < -0.3 is 5.32 Å². The van der Waals surface area contributed by atoms with Crippen LogP contribution in [0.15, 0.2) is 70.4 Å². The Kier molecular flexibility index (Phi) is 5.65. The van der Waals surface area contributed by atoms with Gasteiger partial charge >= 0.3 is 4.87 Å². The number of hydrogen-bond donors (Lipinski definition) is 1. The summed E-state index contributed by atoms with van der Waals surface area (Å²) >= 11 is 1.11. The Hall–Kier alpha value is -3.01. The summed E-state index contributed by atoms with van der Waals surface area (Å²) in [5, 5.41) is 4.47. The fraction of sp³-hybridized carbons (Fsp3) is 0.182. The van der Waals surface area contributed by atoms with Crippen LogP contribution in [0.1, 0.15) is 6.92 Å². The molecule has 1 heterocycles. The number of benzene rings is 3. The monoisotopic (exact) mass is 455 g/mol. The van der Waals surface area contributed by atoms with E-state index < -0.39 is 15.9 Å². The molecule has 0 aliphatic heterocycles. The maximum absolute atomic E-state index is 12.9. The molecule has 3 aromatic carbocycles. The van der Waals surface area contributed by atoms with E-state index in [4.69, 9.17) is 0 Å². The molecule has 1 aromatic heterocycles. The molecule has 0 saturated carbocycles. The Bertz CT molecular complexity index is 1450. The maximum atomic E-state index is 12.9. The second kappa shape index (κ2) is 8.26. The van der Waals surface area contributed by atoms with E-state index in [0.717, 1.165) is 36.6 Å². The molecule has 0 fully saturated rings. The minimum absolute atomic E-state index is 0.0535. The number of nitrogens with zero attached hydrogens (tertiary/aromatic N) is 2. The van der Waals surface area contributed by atoms with E-state index in [1.54, 1.807) is 41.0 Å². The zero-order valence-electron chi connectivity index (χ0n) is 17.0. The number of aryl methyl sites for hydroxylation is 1. The summed E-state index contributed by atoms with van der Waals surface area (Å²) in [6.45, 7) is 2.14. The van der Waals surface area contributed by atoms with Gasteiger partial charge in [0.25, 0.3) is 0 Å². The molecule has 0 unspecified atom stereocenters. The summed E-state index contributed by atoms with van der Waals surface area (Å²) in [7, 11) is -2.45. The molecule has 1 N–H and O–H groups in total. The quantitative estimate of drug-likeness (QED) is 0.482. The molecule has 1 amide bonds. The van der Waals surface area contributed by atoms with Gasteiger partial charge in [0.1, 0.15) is 0 Å². The van der Waals surface area contributed by atoms with Crippen LogP contribution in [0.25, 0.3) is 21.0 Å². The standard InChI is InChI=1S/C22H21N3O4S2/c1-3-25-19-11-9-17(13-20(19)30-22(25)27)23-21(26)14-24(2)31(28,29)18-10-8-15-6-4-5-7-16(15)12-18/h4-13H,3,14H2,1-2H3,(H,23,26). The van der Waals surface area contributed by atoms with Gasteiger partial charge in [-0.15, -0.1) is 0 Å².